The van der Waals surface area contributed by atoms with Crippen LogP contribution in [0.4, 0.5) is 8.78 Å². The number of hydrogen-bond acceptors (Lipinski definition) is 6. The summed E-state index contributed by atoms with van der Waals surface area (Å²) in [5, 5.41) is 35.6. The zero-order chi connectivity index (χ0) is 23.6. The molecule has 0 fully saturated rings. The van der Waals surface area contributed by atoms with Gasteiger partial charge in [0.05, 0.1) is 0 Å². The molecular weight excluding hydrogens is 557 g/mol. The first-order chi connectivity index (χ1) is 16.0. The van der Waals surface area contributed by atoms with E-state index in [1.165, 1.54) is 24.3 Å². The number of pyridine rings is 1. The molecule has 2 aromatic heterocycles. The Labute approximate surface area is 221 Å². The third-order valence-electron chi connectivity index (χ3n) is 4.34. The SMILES string of the molecule is [Cu+2].[Cu+2].[O-]c1c(F)cccc1C=NCC([O-])CN=Cc1cccc(F)c1[O-].c1cnc2[n-]ccc2c1. The van der Waals surface area contributed by atoms with Crippen molar-refractivity contribution in [1.82, 2.24) is 9.97 Å². The number of aliphatic imine (C=N–C) groups is 2. The maximum atomic E-state index is 13.0. The Kier molecular flexibility index (Phi) is 12.9. The summed E-state index contributed by atoms with van der Waals surface area (Å²) in [6.45, 7) is -0.332. The van der Waals surface area contributed by atoms with Crippen LogP contribution in [0.3, 0.4) is 0 Å². The van der Waals surface area contributed by atoms with E-state index in [-0.39, 0.29) is 58.4 Å². The molecule has 0 saturated carbocycles. The summed E-state index contributed by atoms with van der Waals surface area (Å²) in [5.41, 5.74) is 0.945. The van der Waals surface area contributed by atoms with E-state index < -0.39 is 29.2 Å². The minimum Gasteiger partial charge on any atom is -0.870 e. The zero-order valence-corrected chi connectivity index (χ0v) is 19.8. The van der Waals surface area contributed by atoms with Crippen LogP contribution in [0.25, 0.3) is 11.0 Å². The molecule has 2 radical (unpaired) electrons. The molecule has 0 aliphatic heterocycles. The van der Waals surface area contributed by atoms with Crippen molar-refractivity contribution in [2.75, 3.05) is 13.1 Å². The van der Waals surface area contributed by atoms with Gasteiger partial charge in [0.2, 0.25) is 0 Å². The topological polar surface area (TPSA) is 121 Å². The summed E-state index contributed by atoms with van der Waals surface area (Å²) in [6.07, 6.45) is 4.59. The van der Waals surface area contributed by atoms with Gasteiger partial charge in [-0.3, -0.25) is 9.98 Å². The minimum atomic E-state index is -1.20. The Morgan fingerprint density at radius 2 is 1.37 bits per heavy atom. The molecule has 0 atom stereocenters. The van der Waals surface area contributed by atoms with Gasteiger partial charge < -0.3 is 25.3 Å². The van der Waals surface area contributed by atoms with E-state index in [4.69, 9.17) is 0 Å². The van der Waals surface area contributed by atoms with Gasteiger partial charge in [-0.25, -0.2) is 8.78 Å². The van der Waals surface area contributed by atoms with Crippen LogP contribution in [0.15, 0.2) is 77.0 Å². The van der Waals surface area contributed by atoms with E-state index in [0.717, 1.165) is 35.6 Å². The second kappa shape index (κ2) is 15.0. The first kappa shape index (κ1) is 30.0. The summed E-state index contributed by atoms with van der Waals surface area (Å²) >= 11 is 0. The molecule has 0 bridgehead atoms. The van der Waals surface area contributed by atoms with Gasteiger partial charge in [-0.05, 0) is 28.6 Å². The number of aromatic nitrogens is 2. The molecule has 2 heterocycles. The van der Waals surface area contributed by atoms with Crippen LogP contribution >= 0.6 is 0 Å². The van der Waals surface area contributed by atoms with Crippen LogP contribution < -0.4 is 20.3 Å². The molecule has 35 heavy (non-hydrogen) atoms. The molecule has 0 unspecified atom stereocenters. The van der Waals surface area contributed by atoms with Crippen LogP contribution in [0, 0.1) is 11.6 Å². The van der Waals surface area contributed by atoms with Crippen LogP contribution in [0.2, 0.25) is 0 Å². The number of hydrogen-bond donors (Lipinski definition) is 0. The first-order valence-electron chi connectivity index (χ1n) is 9.84. The van der Waals surface area contributed by atoms with Gasteiger partial charge >= 0.3 is 34.1 Å². The Balaban J connectivity index is 0.000000465. The van der Waals surface area contributed by atoms with Crippen LogP contribution in [-0.4, -0.2) is 36.6 Å². The second-order valence-electron chi connectivity index (χ2n) is 6.79. The average molecular weight is 576 g/mol. The first-order valence-corrected chi connectivity index (χ1v) is 9.84. The van der Waals surface area contributed by atoms with E-state index in [9.17, 15) is 24.1 Å². The van der Waals surface area contributed by atoms with Gasteiger partial charge in [-0.15, -0.1) is 0 Å². The summed E-state index contributed by atoms with van der Waals surface area (Å²) in [6, 6.07) is 13.5. The zero-order valence-electron chi connectivity index (χ0n) is 17.9. The molecule has 2 aromatic carbocycles. The quantitative estimate of drug-likeness (QED) is 0.255. The molecule has 0 aliphatic carbocycles. The number of fused-ring (bicyclic) bond motifs is 1. The van der Waals surface area contributed by atoms with Crippen molar-refractivity contribution in [3.8, 4) is 11.5 Å². The molecule has 11 heteroatoms. The van der Waals surface area contributed by atoms with Crippen molar-refractivity contribution >= 4 is 23.5 Å². The van der Waals surface area contributed by atoms with E-state index in [1.807, 2.05) is 18.2 Å². The largest absolute Gasteiger partial charge is 2.00 e. The van der Waals surface area contributed by atoms with Crippen molar-refractivity contribution in [1.29, 1.82) is 0 Å². The number of para-hydroxylation sites is 2. The van der Waals surface area contributed by atoms with Gasteiger partial charge in [0.15, 0.2) is 0 Å². The van der Waals surface area contributed by atoms with Gasteiger partial charge in [0.1, 0.15) is 11.6 Å². The van der Waals surface area contributed by atoms with Crippen molar-refractivity contribution in [2.45, 2.75) is 6.10 Å². The van der Waals surface area contributed by atoms with E-state index in [1.54, 1.807) is 12.4 Å². The molecule has 0 saturated heterocycles. The number of rotatable bonds is 6. The summed E-state index contributed by atoms with van der Waals surface area (Å²) in [5.74, 6) is -3.33. The van der Waals surface area contributed by atoms with Gasteiger partial charge in [0, 0.05) is 25.5 Å². The summed E-state index contributed by atoms with van der Waals surface area (Å²) < 4.78 is 26.1. The second-order valence-corrected chi connectivity index (χ2v) is 6.79. The van der Waals surface area contributed by atoms with Crippen LogP contribution in [-0.2, 0) is 34.1 Å². The van der Waals surface area contributed by atoms with Crippen LogP contribution in [0.5, 0.6) is 11.5 Å². The Hall–Kier alpha value is -3.07. The van der Waals surface area contributed by atoms with E-state index >= 15 is 0 Å². The van der Waals surface area contributed by atoms with Crippen molar-refractivity contribution in [3.05, 3.63) is 89.8 Å². The number of nitrogens with zero attached hydrogens (tertiary/aromatic N) is 4. The third-order valence-corrected chi connectivity index (χ3v) is 4.34. The average Bonchev–Trinajstić information content (AvgIpc) is 3.29. The molecule has 7 nitrogen and oxygen atoms in total. The normalized spacial score (nSPS) is 11.5. The number of halogens is 2. The predicted octanol–water partition coefficient (Wildman–Crippen LogP) is 1.57. The fourth-order valence-electron chi connectivity index (χ4n) is 2.68. The van der Waals surface area contributed by atoms with Crippen LogP contribution in [0.1, 0.15) is 11.1 Å². The number of benzene rings is 2. The maximum Gasteiger partial charge on any atom is 2.00 e. The molecule has 0 N–H and O–H groups in total. The van der Waals surface area contributed by atoms with E-state index in [0.29, 0.717) is 0 Å². The summed E-state index contributed by atoms with van der Waals surface area (Å²) in [7, 11) is 0. The monoisotopic (exact) mass is 574 g/mol. The van der Waals surface area contributed by atoms with Gasteiger partial charge in [-0.2, -0.15) is 0 Å². The minimum absolute atomic E-state index is 0. The molecule has 4 aromatic rings. The maximum absolute atomic E-state index is 13.0. The Bertz CT molecular complexity index is 1170. The van der Waals surface area contributed by atoms with Gasteiger partial charge in [0.25, 0.3) is 0 Å². The predicted molar refractivity (Wildman–Crippen MR) is 115 cm³/mol. The molecular formula is C24H18Cu2F2N4O3. The Morgan fingerprint density at radius 3 is 1.89 bits per heavy atom. The molecule has 188 valence electrons. The smallest absolute Gasteiger partial charge is 0.870 e. The molecule has 0 aliphatic rings. The third kappa shape index (κ3) is 8.90. The summed E-state index contributed by atoms with van der Waals surface area (Å²) in [4.78, 5) is 15.6. The molecule has 0 spiro atoms. The van der Waals surface area contributed by atoms with Crippen molar-refractivity contribution in [3.63, 3.8) is 0 Å². The molecule has 4 rings (SSSR count). The fraction of sp³-hybridized carbons (Fsp3) is 0.125. The van der Waals surface area contributed by atoms with E-state index in [2.05, 4.69) is 20.0 Å². The molecule has 0 amide bonds. The standard InChI is InChI=1S/C17H15F2N2O3.C7H5N2.2Cu/c18-14-5-1-3-11(16(14)23)7-20-9-13(22)10-21-8-12-4-2-6-15(19)17(12)24;1-2-6-3-5-9-7(6)8-4-1;;/h1-8,13,23-24H,9-10H2;1-5H;;/q2*-1;2*+2/p-2. The fourth-order valence-corrected chi connectivity index (χ4v) is 2.68. The Morgan fingerprint density at radius 1 is 0.829 bits per heavy atom. The van der Waals surface area contributed by atoms with Crippen molar-refractivity contribution < 1.29 is 58.2 Å². The van der Waals surface area contributed by atoms with Gasteiger partial charge in [-0.1, -0.05) is 78.1 Å². The van der Waals surface area contributed by atoms with Crippen molar-refractivity contribution in [2.24, 2.45) is 9.98 Å².